The zero-order chi connectivity index (χ0) is 25.7. The summed E-state index contributed by atoms with van der Waals surface area (Å²) in [7, 11) is 0. The Morgan fingerprint density at radius 2 is 1.73 bits per heavy atom. The molecule has 0 saturated carbocycles. The summed E-state index contributed by atoms with van der Waals surface area (Å²) in [5, 5.41) is 26.1. The highest BCUT2D eigenvalue weighted by atomic mass is 16.5. The number of hydrogen-bond donors (Lipinski definition) is 3. The van der Waals surface area contributed by atoms with Crippen molar-refractivity contribution in [3.8, 4) is 0 Å². The van der Waals surface area contributed by atoms with Crippen LogP contribution < -0.4 is 10.2 Å². The molecule has 0 radical (unpaired) electrons. The predicted molar refractivity (Wildman–Crippen MR) is 135 cm³/mol. The second-order valence-electron chi connectivity index (χ2n) is 9.76. The zero-order valence-electron chi connectivity index (χ0n) is 20.1. The van der Waals surface area contributed by atoms with Gasteiger partial charge in [0.2, 0.25) is 17.6 Å². The van der Waals surface area contributed by atoms with Gasteiger partial charge >= 0.3 is 0 Å². The highest BCUT2D eigenvalue weighted by Gasteiger charge is 2.42. The van der Waals surface area contributed by atoms with Crippen LogP contribution in [0.25, 0.3) is 10.8 Å². The van der Waals surface area contributed by atoms with Gasteiger partial charge in [-0.15, -0.1) is 0 Å². The van der Waals surface area contributed by atoms with Crippen LogP contribution in [0.2, 0.25) is 0 Å². The first kappa shape index (κ1) is 23.7. The summed E-state index contributed by atoms with van der Waals surface area (Å²) in [5.41, 5.74) is 2.52. The van der Waals surface area contributed by atoms with Crippen molar-refractivity contribution >= 4 is 34.2 Å². The lowest BCUT2D eigenvalue weighted by Gasteiger charge is -2.30. The molecule has 37 heavy (non-hydrogen) atoms. The van der Waals surface area contributed by atoms with Gasteiger partial charge in [0.25, 0.3) is 5.91 Å². The van der Waals surface area contributed by atoms with E-state index in [0.717, 1.165) is 25.2 Å². The Kier molecular flexibility index (Phi) is 5.80. The van der Waals surface area contributed by atoms with Crippen LogP contribution in [-0.4, -0.2) is 65.2 Å². The lowest BCUT2D eigenvalue weighted by molar-refractivity contribution is -0.134. The third-order valence-electron chi connectivity index (χ3n) is 7.49. The molecule has 190 valence electrons. The van der Waals surface area contributed by atoms with E-state index in [0.29, 0.717) is 40.8 Å². The Morgan fingerprint density at radius 1 is 0.973 bits per heavy atom. The summed E-state index contributed by atoms with van der Waals surface area (Å²) < 4.78 is 5.40. The van der Waals surface area contributed by atoms with E-state index < -0.39 is 17.7 Å². The van der Waals surface area contributed by atoms with Gasteiger partial charge in [-0.1, -0.05) is 42.5 Å². The molecule has 3 aromatic rings. The molecule has 3 amide bonds. The number of carbonyl (C=O) groups excluding carboxylic acids is 3. The van der Waals surface area contributed by atoms with E-state index >= 15 is 0 Å². The number of morpholine rings is 1. The molecule has 0 aliphatic carbocycles. The molecule has 9 heteroatoms. The molecular formula is C28H27N3O6. The van der Waals surface area contributed by atoms with Crippen LogP contribution in [0.3, 0.4) is 0 Å². The number of anilines is 1. The molecule has 0 spiro atoms. The average Bonchev–Trinajstić information content (AvgIpc) is 3.18. The molecule has 3 N–H and O–H groups in total. The van der Waals surface area contributed by atoms with Gasteiger partial charge in [0.1, 0.15) is 6.04 Å². The number of imide groups is 1. The van der Waals surface area contributed by atoms with Gasteiger partial charge in [0.05, 0.1) is 18.9 Å². The van der Waals surface area contributed by atoms with Gasteiger partial charge in [-0.2, -0.15) is 0 Å². The highest BCUT2D eigenvalue weighted by Crippen LogP contribution is 2.44. The second-order valence-corrected chi connectivity index (χ2v) is 9.76. The van der Waals surface area contributed by atoms with Crippen molar-refractivity contribution in [2.24, 2.45) is 0 Å². The van der Waals surface area contributed by atoms with E-state index in [9.17, 15) is 24.6 Å². The van der Waals surface area contributed by atoms with Crippen molar-refractivity contribution in [1.29, 1.82) is 0 Å². The van der Waals surface area contributed by atoms with Crippen LogP contribution in [0.15, 0.2) is 54.6 Å². The maximum atomic E-state index is 13.4. The number of aliphatic hydroxyl groups is 2. The lowest BCUT2D eigenvalue weighted by Crippen LogP contribution is -2.53. The standard InChI is InChI=1S/C28H27N3O6/c32-24-11-10-23(26(33)29-24)31-22-9-8-21(19-2-1-3-20(25(19)22)27(31)34)28(35,36)18-6-4-17(5-7-18)16-30-12-14-37-15-13-30/h1-9,23,35-36H,10-16H2,(H,29,32,33). The largest absolute Gasteiger partial charge is 0.379 e. The Labute approximate surface area is 213 Å². The van der Waals surface area contributed by atoms with Crippen molar-refractivity contribution < 1.29 is 29.3 Å². The summed E-state index contributed by atoms with van der Waals surface area (Å²) in [4.78, 5) is 41.3. The first-order valence-corrected chi connectivity index (χ1v) is 12.4. The number of rotatable bonds is 5. The van der Waals surface area contributed by atoms with E-state index in [1.807, 2.05) is 12.1 Å². The van der Waals surface area contributed by atoms with Crippen molar-refractivity contribution in [1.82, 2.24) is 10.2 Å². The van der Waals surface area contributed by atoms with Gasteiger partial charge in [-0.3, -0.25) is 29.5 Å². The van der Waals surface area contributed by atoms with Crippen LogP contribution in [-0.2, 0) is 26.7 Å². The van der Waals surface area contributed by atoms with E-state index in [-0.39, 0.29) is 30.2 Å². The van der Waals surface area contributed by atoms with Crippen molar-refractivity contribution in [3.63, 3.8) is 0 Å². The number of hydrogen-bond acceptors (Lipinski definition) is 7. The molecule has 9 nitrogen and oxygen atoms in total. The Morgan fingerprint density at radius 3 is 2.46 bits per heavy atom. The van der Waals surface area contributed by atoms with Crippen molar-refractivity contribution in [2.45, 2.75) is 31.2 Å². The summed E-state index contributed by atoms with van der Waals surface area (Å²) in [6.45, 7) is 3.90. The molecule has 2 saturated heterocycles. The fourth-order valence-corrected chi connectivity index (χ4v) is 5.56. The van der Waals surface area contributed by atoms with Gasteiger partial charge in [0, 0.05) is 48.1 Å². The maximum absolute atomic E-state index is 13.4. The van der Waals surface area contributed by atoms with Crippen LogP contribution in [0.5, 0.6) is 0 Å². The SMILES string of the molecule is O=C1CCC(N2C(=O)c3cccc4c(C(O)(O)c5ccc(CN6CCOCC6)cc5)ccc2c34)C(=O)N1. The van der Waals surface area contributed by atoms with E-state index in [2.05, 4.69) is 10.2 Å². The van der Waals surface area contributed by atoms with E-state index in [1.54, 1.807) is 42.5 Å². The predicted octanol–water partition coefficient (Wildman–Crippen LogP) is 1.62. The molecule has 6 rings (SSSR count). The molecule has 0 bridgehead atoms. The lowest BCUT2D eigenvalue weighted by atomic mass is 9.91. The van der Waals surface area contributed by atoms with Crippen molar-refractivity contribution in [3.05, 3.63) is 76.9 Å². The minimum absolute atomic E-state index is 0.148. The molecule has 3 aliphatic rings. The van der Waals surface area contributed by atoms with Gasteiger partial charge in [-0.05, 0) is 29.5 Å². The molecule has 3 aromatic carbocycles. The van der Waals surface area contributed by atoms with E-state index in [4.69, 9.17) is 4.74 Å². The fraction of sp³-hybridized carbons (Fsp3) is 0.321. The summed E-state index contributed by atoms with van der Waals surface area (Å²) in [6.07, 6.45) is 0.379. The van der Waals surface area contributed by atoms with Crippen LogP contribution in [0, 0.1) is 0 Å². The average molecular weight is 502 g/mol. The van der Waals surface area contributed by atoms with Crippen LogP contribution in [0.4, 0.5) is 5.69 Å². The van der Waals surface area contributed by atoms with Crippen LogP contribution >= 0.6 is 0 Å². The zero-order valence-corrected chi connectivity index (χ0v) is 20.1. The van der Waals surface area contributed by atoms with Gasteiger partial charge < -0.3 is 14.9 Å². The summed E-state index contributed by atoms with van der Waals surface area (Å²) >= 11 is 0. The second kappa shape index (κ2) is 9.04. The molecule has 2 fully saturated rings. The molecule has 0 aromatic heterocycles. The maximum Gasteiger partial charge on any atom is 0.259 e. The molecule has 1 unspecified atom stereocenters. The molecular weight excluding hydrogens is 474 g/mol. The van der Waals surface area contributed by atoms with Gasteiger partial charge in [-0.25, -0.2) is 0 Å². The molecule has 1 atom stereocenters. The first-order valence-electron chi connectivity index (χ1n) is 12.4. The summed E-state index contributed by atoms with van der Waals surface area (Å²) in [5.74, 6) is -3.52. The Balaban J connectivity index is 1.34. The number of ether oxygens (including phenoxy) is 1. The number of nitrogens with one attached hydrogen (secondary N) is 1. The van der Waals surface area contributed by atoms with E-state index in [1.165, 1.54) is 4.90 Å². The topological polar surface area (TPSA) is 119 Å². The smallest absolute Gasteiger partial charge is 0.259 e. The quantitative estimate of drug-likeness (QED) is 0.359. The Bertz CT molecular complexity index is 1410. The fourth-order valence-electron chi connectivity index (χ4n) is 5.56. The Hall–Kier alpha value is -3.63. The minimum Gasteiger partial charge on any atom is -0.379 e. The highest BCUT2D eigenvalue weighted by molar-refractivity contribution is 6.27. The molecule has 3 heterocycles. The monoisotopic (exact) mass is 501 g/mol. The number of nitrogens with zero attached hydrogens (tertiary/aromatic N) is 2. The minimum atomic E-state index is -2.31. The summed E-state index contributed by atoms with van der Waals surface area (Å²) in [6, 6.07) is 14.7. The van der Waals surface area contributed by atoms with Gasteiger partial charge in [0.15, 0.2) is 0 Å². The third kappa shape index (κ3) is 4.00. The number of carbonyl (C=O) groups is 3. The van der Waals surface area contributed by atoms with Crippen molar-refractivity contribution in [2.75, 3.05) is 31.2 Å². The molecule has 3 aliphatic heterocycles. The van der Waals surface area contributed by atoms with Crippen LogP contribution in [0.1, 0.15) is 39.9 Å². The number of piperidine rings is 1. The number of amides is 3. The normalized spacial score (nSPS) is 20.5. The first-order chi connectivity index (χ1) is 17.8. The third-order valence-corrected chi connectivity index (χ3v) is 7.49. The number of benzene rings is 3.